The van der Waals surface area contributed by atoms with E-state index < -0.39 is 5.60 Å². The molecule has 0 radical (unpaired) electrons. The van der Waals surface area contributed by atoms with Gasteiger partial charge in [0.1, 0.15) is 5.75 Å². The molecule has 4 N–H and O–H groups in total. The third kappa shape index (κ3) is 7.30. The molecule has 0 fully saturated rings. The third-order valence-electron chi connectivity index (χ3n) is 4.05. The zero-order chi connectivity index (χ0) is 21.7. The van der Waals surface area contributed by atoms with Crippen LogP contribution in [0, 0.1) is 5.41 Å². The Bertz CT molecular complexity index is 757. The van der Waals surface area contributed by atoms with Gasteiger partial charge >= 0.3 is 0 Å². The van der Waals surface area contributed by atoms with Crippen LogP contribution in [-0.2, 0) is 0 Å². The molecule has 0 heterocycles. The molecule has 28 heavy (non-hydrogen) atoms. The molecule has 0 spiro atoms. The van der Waals surface area contributed by atoms with Gasteiger partial charge in [0.25, 0.3) is 0 Å². The van der Waals surface area contributed by atoms with Crippen molar-refractivity contribution in [2.45, 2.75) is 47.1 Å². The summed E-state index contributed by atoms with van der Waals surface area (Å²) in [4.78, 5) is 3.93. The van der Waals surface area contributed by atoms with Gasteiger partial charge in [0.05, 0.1) is 21.4 Å². The molecule has 0 saturated carbocycles. The number of nitrogens with zero attached hydrogens (tertiary/aromatic N) is 2. The van der Waals surface area contributed by atoms with Crippen LogP contribution in [0.5, 0.6) is 5.75 Å². The molecular weight excluding hydrogens is 420 g/mol. The van der Waals surface area contributed by atoms with Crippen molar-refractivity contribution in [3.63, 3.8) is 0 Å². The van der Waals surface area contributed by atoms with Gasteiger partial charge in [0, 0.05) is 19.7 Å². The summed E-state index contributed by atoms with van der Waals surface area (Å²) in [5.74, 6) is 6.92. The van der Waals surface area contributed by atoms with Crippen LogP contribution >= 0.6 is 15.9 Å². The molecule has 0 aliphatic carbocycles. The van der Waals surface area contributed by atoms with Crippen LogP contribution in [0.3, 0.4) is 0 Å². The molecule has 0 amide bonds. The van der Waals surface area contributed by atoms with Gasteiger partial charge in [-0.3, -0.25) is 0 Å². The second-order valence-electron chi connectivity index (χ2n) is 8.47. The highest BCUT2D eigenvalue weighted by Gasteiger charge is 2.18. The molecule has 7 heteroatoms. The lowest BCUT2D eigenvalue weighted by molar-refractivity contribution is 0.120. The topological polar surface area (TPSA) is 83.1 Å². The van der Waals surface area contributed by atoms with E-state index in [2.05, 4.69) is 53.7 Å². The van der Waals surface area contributed by atoms with Crippen molar-refractivity contribution in [2.24, 2.45) is 16.3 Å². The zero-order valence-corrected chi connectivity index (χ0v) is 19.5. The van der Waals surface area contributed by atoms with Crippen molar-refractivity contribution in [2.75, 3.05) is 23.9 Å². The Balaban J connectivity index is 3.21. The number of aliphatic imine (C=N–C) groups is 1. The Kier molecular flexibility index (Phi) is 8.29. The standard InChI is InChI=1S/C21H33BrN4O2/c1-14(21(5,6)27)9-12-17(24-7)28-16-11-10-15(25-13-20(2,3)4)19(18(16)22)26(8)23/h9-12,25,27H,7,13,23H2,1-6,8H3/b14-9+,17-12+. The fraction of sp³-hybridized carbons (Fsp3) is 0.476. The van der Waals surface area contributed by atoms with Gasteiger partial charge in [-0.1, -0.05) is 26.8 Å². The first kappa shape index (κ1) is 24.2. The Morgan fingerprint density at radius 2 is 1.93 bits per heavy atom. The summed E-state index contributed by atoms with van der Waals surface area (Å²) >= 11 is 3.59. The van der Waals surface area contributed by atoms with Crippen LogP contribution in [0.15, 0.2) is 45.2 Å². The molecule has 0 aliphatic rings. The summed E-state index contributed by atoms with van der Waals surface area (Å²) in [5, 5.41) is 15.0. The molecular formula is C21H33BrN4O2. The molecule has 1 aromatic carbocycles. The van der Waals surface area contributed by atoms with E-state index in [1.54, 1.807) is 33.0 Å². The number of nitrogens with one attached hydrogen (secondary N) is 1. The van der Waals surface area contributed by atoms with Gasteiger partial charge in [-0.25, -0.2) is 10.8 Å². The van der Waals surface area contributed by atoms with E-state index in [0.717, 1.165) is 23.5 Å². The number of hydrogen-bond donors (Lipinski definition) is 3. The number of allylic oxidation sites excluding steroid dienone is 2. The fourth-order valence-electron chi connectivity index (χ4n) is 2.10. The molecule has 156 valence electrons. The van der Waals surface area contributed by atoms with Crippen LogP contribution in [0.2, 0.25) is 0 Å². The normalized spacial score (nSPS) is 13.4. The minimum absolute atomic E-state index is 0.124. The summed E-state index contributed by atoms with van der Waals surface area (Å²) in [6.07, 6.45) is 3.43. The number of hydrazine groups is 1. The molecule has 0 bridgehead atoms. The van der Waals surface area contributed by atoms with Crippen molar-refractivity contribution >= 4 is 34.0 Å². The van der Waals surface area contributed by atoms with Gasteiger partial charge in [-0.05, 0) is 66.5 Å². The van der Waals surface area contributed by atoms with E-state index in [-0.39, 0.29) is 5.41 Å². The largest absolute Gasteiger partial charge is 0.438 e. The molecule has 0 saturated heterocycles. The van der Waals surface area contributed by atoms with E-state index in [4.69, 9.17) is 10.6 Å². The van der Waals surface area contributed by atoms with E-state index in [1.807, 2.05) is 19.1 Å². The first-order valence-electron chi connectivity index (χ1n) is 9.07. The number of halogens is 1. The molecule has 0 unspecified atom stereocenters. The van der Waals surface area contributed by atoms with E-state index in [1.165, 1.54) is 5.01 Å². The maximum atomic E-state index is 10.0. The first-order valence-corrected chi connectivity index (χ1v) is 9.86. The van der Waals surface area contributed by atoms with Crippen molar-refractivity contribution in [1.82, 2.24) is 0 Å². The summed E-state index contributed by atoms with van der Waals surface area (Å²) in [6.45, 7) is 16.1. The summed E-state index contributed by atoms with van der Waals surface area (Å²) in [5.41, 5.74) is 1.65. The van der Waals surface area contributed by atoms with E-state index in [9.17, 15) is 5.11 Å². The molecule has 1 rings (SSSR count). The second kappa shape index (κ2) is 9.58. The Hall–Kier alpha value is -1.83. The highest BCUT2D eigenvalue weighted by atomic mass is 79.9. The Morgan fingerprint density at radius 3 is 2.39 bits per heavy atom. The summed E-state index contributed by atoms with van der Waals surface area (Å²) in [6, 6.07) is 3.76. The molecule has 1 aromatic rings. The number of rotatable bonds is 8. The number of aliphatic hydroxyl groups is 1. The van der Waals surface area contributed by atoms with Gasteiger partial charge < -0.3 is 20.2 Å². The van der Waals surface area contributed by atoms with Crippen LogP contribution in [0.25, 0.3) is 0 Å². The lowest BCUT2D eigenvalue weighted by Gasteiger charge is -2.25. The van der Waals surface area contributed by atoms with Gasteiger partial charge in [0.15, 0.2) is 0 Å². The lowest BCUT2D eigenvalue weighted by Crippen LogP contribution is -2.28. The van der Waals surface area contributed by atoms with Gasteiger partial charge in [0.2, 0.25) is 5.88 Å². The van der Waals surface area contributed by atoms with Gasteiger partial charge in [-0.2, -0.15) is 0 Å². The van der Waals surface area contributed by atoms with E-state index >= 15 is 0 Å². The summed E-state index contributed by atoms with van der Waals surface area (Å²) in [7, 11) is 1.77. The van der Waals surface area contributed by atoms with Crippen molar-refractivity contribution in [3.05, 3.63) is 40.2 Å². The molecule has 0 aromatic heterocycles. The minimum Gasteiger partial charge on any atom is -0.438 e. The molecule has 0 aliphatic heterocycles. The Labute approximate surface area is 177 Å². The molecule has 6 nitrogen and oxygen atoms in total. The number of hydrogen-bond acceptors (Lipinski definition) is 6. The maximum absolute atomic E-state index is 10.0. The van der Waals surface area contributed by atoms with Crippen LogP contribution < -0.4 is 20.9 Å². The van der Waals surface area contributed by atoms with Crippen LogP contribution in [-0.4, -0.2) is 31.0 Å². The predicted molar refractivity (Wildman–Crippen MR) is 123 cm³/mol. The maximum Gasteiger partial charge on any atom is 0.218 e. The predicted octanol–water partition coefficient (Wildman–Crippen LogP) is 4.86. The average Bonchev–Trinajstić information content (AvgIpc) is 2.55. The highest BCUT2D eigenvalue weighted by molar-refractivity contribution is 9.10. The zero-order valence-electron chi connectivity index (χ0n) is 17.9. The fourth-order valence-corrected chi connectivity index (χ4v) is 2.81. The average molecular weight is 453 g/mol. The van der Waals surface area contributed by atoms with Crippen molar-refractivity contribution < 1.29 is 9.84 Å². The van der Waals surface area contributed by atoms with Crippen molar-refractivity contribution in [3.8, 4) is 5.75 Å². The monoisotopic (exact) mass is 452 g/mol. The number of benzene rings is 1. The van der Waals surface area contributed by atoms with Crippen LogP contribution in [0.1, 0.15) is 41.5 Å². The highest BCUT2D eigenvalue weighted by Crippen LogP contribution is 2.40. The summed E-state index contributed by atoms with van der Waals surface area (Å²) < 4.78 is 6.60. The number of anilines is 2. The number of ether oxygens (including phenoxy) is 1. The first-order chi connectivity index (χ1) is 12.8. The smallest absolute Gasteiger partial charge is 0.218 e. The van der Waals surface area contributed by atoms with Crippen LogP contribution in [0.4, 0.5) is 11.4 Å². The minimum atomic E-state index is -0.917. The Morgan fingerprint density at radius 1 is 1.32 bits per heavy atom. The molecule has 0 atom stereocenters. The quantitative estimate of drug-likeness (QED) is 0.172. The van der Waals surface area contributed by atoms with Crippen molar-refractivity contribution in [1.29, 1.82) is 0 Å². The van der Waals surface area contributed by atoms with Gasteiger partial charge in [-0.15, -0.1) is 0 Å². The van der Waals surface area contributed by atoms with E-state index in [0.29, 0.717) is 16.1 Å². The SMILES string of the molecule is C=N/C(=C\C=C(/C)C(C)(C)O)Oc1ccc(NCC(C)(C)C)c(N(C)N)c1Br. The second-order valence-corrected chi connectivity index (χ2v) is 9.27. The lowest BCUT2D eigenvalue weighted by atomic mass is 9.97. The number of nitrogens with two attached hydrogens (primary N) is 1. The third-order valence-corrected chi connectivity index (χ3v) is 4.82.